The number of nitrogens with two attached hydrogens (primary N) is 1. The van der Waals surface area contributed by atoms with Crippen LogP contribution in [0.15, 0.2) is 24.3 Å². The summed E-state index contributed by atoms with van der Waals surface area (Å²) in [4.78, 5) is 39.1. The van der Waals surface area contributed by atoms with Crippen molar-refractivity contribution in [3.05, 3.63) is 39.9 Å². The monoisotopic (exact) mass is 614 g/mol. The van der Waals surface area contributed by atoms with Crippen molar-refractivity contribution >= 4 is 40.7 Å². The van der Waals surface area contributed by atoms with Crippen molar-refractivity contribution in [2.75, 3.05) is 58.9 Å². The molecule has 0 spiro atoms. The van der Waals surface area contributed by atoms with E-state index in [2.05, 4.69) is 27.2 Å². The second-order valence-corrected chi connectivity index (χ2v) is 11.0. The molecule has 5 N–H and O–H groups in total. The molecule has 2 rings (SSSR count). The van der Waals surface area contributed by atoms with Crippen molar-refractivity contribution in [1.29, 1.82) is 0 Å². The van der Waals surface area contributed by atoms with Crippen molar-refractivity contribution in [3.63, 3.8) is 0 Å². The molecule has 2 amide bonds. The van der Waals surface area contributed by atoms with Crippen LogP contribution in [0.5, 0.6) is 5.75 Å². The van der Waals surface area contributed by atoms with Crippen molar-refractivity contribution in [2.24, 2.45) is 5.73 Å². The average Bonchev–Trinajstić information content (AvgIpc) is 3.34. The fraction of sp³-hybridized carbons (Fsp3) is 0.583. The molecule has 0 aromatic heterocycles. The summed E-state index contributed by atoms with van der Waals surface area (Å²) in [5.41, 5.74) is 5.59. The zero-order valence-corrected chi connectivity index (χ0v) is 24.3. The van der Waals surface area contributed by atoms with E-state index in [0.29, 0.717) is 24.4 Å². The van der Waals surface area contributed by atoms with Crippen LogP contribution in [0.2, 0.25) is 0 Å². The number of nitrogens with zero attached hydrogens (tertiary/aromatic N) is 1. The van der Waals surface area contributed by atoms with Gasteiger partial charge in [0.05, 0.1) is 26.4 Å². The summed E-state index contributed by atoms with van der Waals surface area (Å²) in [7, 11) is 3.28. The molecule has 1 aliphatic heterocycles. The Balaban J connectivity index is 1.60. The van der Waals surface area contributed by atoms with E-state index in [1.54, 1.807) is 24.3 Å². The van der Waals surface area contributed by atoms with Gasteiger partial charge in [0, 0.05) is 24.7 Å². The van der Waals surface area contributed by atoms with Gasteiger partial charge in [0.1, 0.15) is 36.6 Å². The summed E-state index contributed by atoms with van der Waals surface area (Å²) in [6.07, 6.45) is 0.561. The first-order valence-corrected chi connectivity index (χ1v) is 15.4. The first-order valence-electron chi connectivity index (χ1n) is 12.8. The molecule has 2 unspecified atom stereocenters. The van der Waals surface area contributed by atoms with Gasteiger partial charge in [0.25, 0.3) is 11.0 Å². The number of benzene rings is 1. The highest BCUT2D eigenvalue weighted by Crippen LogP contribution is 2.26. The van der Waals surface area contributed by atoms with E-state index >= 15 is 0 Å². The summed E-state index contributed by atoms with van der Waals surface area (Å²) < 4.78 is 22.5. The second-order valence-electron chi connectivity index (χ2n) is 8.42. The number of aliphatic hydroxyl groups is 1. The SMILES string of the molecule is CSSC(COc1cccc(C(=O)NCCN)c1)OCCOCC(=O)NCC#CB[C@H]1C[C@@H](O[N+](=O)[O-])C(CO)O1. The van der Waals surface area contributed by atoms with Gasteiger partial charge in [0.15, 0.2) is 0 Å². The minimum absolute atomic E-state index is 0.101. The van der Waals surface area contributed by atoms with Crippen molar-refractivity contribution in [3.8, 4) is 17.5 Å². The lowest BCUT2D eigenvalue weighted by atomic mass is 9.71. The molecule has 41 heavy (non-hydrogen) atoms. The number of amides is 2. The lowest BCUT2D eigenvalue weighted by Crippen LogP contribution is -2.29. The van der Waals surface area contributed by atoms with Crippen molar-refractivity contribution in [2.45, 2.75) is 30.1 Å². The number of ether oxygens (including phenoxy) is 4. The second kappa shape index (κ2) is 20.2. The molecule has 0 radical (unpaired) electrons. The number of rotatable bonds is 19. The third-order valence-electron chi connectivity index (χ3n) is 5.39. The third-order valence-corrected chi connectivity index (χ3v) is 7.29. The molecule has 1 aromatic carbocycles. The fourth-order valence-corrected chi connectivity index (χ4v) is 5.02. The van der Waals surface area contributed by atoms with Crippen LogP contribution in [0.3, 0.4) is 0 Å². The van der Waals surface area contributed by atoms with Crippen LogP contribution in [0.4, 0.5) is 0 Å². The maximum atomic E-state index is 12.1. The molecule has 0 saturated carbocycles. The van der Waals surface area contributed by atoms with Gasteiger partial charge in [-0.05, 0) is 30.9 Å². The highest BCUT2D eigenvalue weighted by molar-refractivity contribution is 8.76. The first kappa shape index (κ1) is 34.5. The molecule has 4 atom stereocenters. The van der Waals surface area contributed by atoms with Gasteiger partial charge in [-0.2, -0.15) is 5.82 Å². The Morgan fingerprint density at radius 1 is 1.37 bits per heavy atom. The molecule has 1 aliphatic rings. The van der Waals surface area contributed by atoms with Gasteiger partial charge in [-0.1, -0.05) is 33.6 Å². The van der Waals surface area contributed by atoms with Crippen molar-refractivity contribution in [1.82, 2.24) is 10.6 Å². The summed E-state index contributed by atoms with van der Waals surface area (Å²) in [6.45, 7) is 0.977. The number of aliphatic hydroxyl groups excluding tert-OH is 1. The molecule has 1 heterocycles. The molecule has 17 heteroatoms. The Bertz CT molecular complexity index is 1030. The van der Waals surface area contributed by atoms with E-state index in [9.17, 15) is 24.8 Å². The molecule has 1 fully saturated rings. The topological polar surface area (TPSA) is 194 Å². The summed E-state index contributed by atoms with van der Waals surface area (Å²) in [5.74, 6) is 5.60. The van der Waals surface area contributed by atoms with Gasteiger partial charge < -0.3 is 45.3 Å². The van der Waals surface area contributed by atoms with Crippen LogP contribution < -0.4 is 21.1 Å². The Labute approximate surface area is 246 Å². The largest absolute Gasteiger partial charge is 0.490 e. The highest BCUT2D eigenvalue weighted by Gasteiger charge is 2.37. The van der Waals surface area contributed by atoms with Crippen LogP contribution >= 0.6 is 21.6 Å². The van der Waals surface area contributed by atoms with E-state index in [0.717, 1.165) is 0 Å². The average molecular weight is 615 g/mol. The molecule has 226 valence electrons. The maximum Gasteiger partial charge on any atom is 0.294 e. The van der Waals surface area contributed by atoms with E-state index in [1.165, 1.54) is 21.6 Å². The number of carbonyl (C=O) groups excluding carboxylic acids is 2. The van der Waals surface area contributed by atoms with Gasteiger partial charge in [0.2, 0.25) is 13.2 Å². The number of carbonyl (C=O) groups is 2. The first-order chi connectivity index (χ1) is 19.9. The van der Waals surface area contributed by atoms with E-state index in [-0.39, 0.29) is 70.5 Å². The minimum Gasteiger partial charge on any atom is -0.490 e. The van der Waals surface area contributed by atoms with Crippen LogP contribution in [0.1, 0.15) is 16.8 Å². The van der Waals surface area contributed by atoms with Crippen molar-refractivity contribution < 1.29 is 43.6 Å². The molecule has 1 aromatic rings. The van der Waals surface area contributed by atoms with Crippen LogP contribution in [0.25, 0.3) is 0 Å². The number of hydrogen-bond acceptors (Lipinski definition) is 13. The van der Waals surface area contributed by atoms with Gasteiger partial charge in [-0.3, -0.25) is 9.59 Å². The van der Waals surface area contributed by atoms with Crippen LogP contribution in [0, 0.1) is 21.9 Å². The molecule has 0 aliphatic carbocycles. The zero-order chi connectivity index (χ0) is 29.9. The molecule has 1 saturated heterocycles. The molecule has 14 nitrogen and oxygen atoms in total. The highest BCUT2D eigenvalue weighted by atomic mass is 33.1. The Morgan fingerprint density at radius 3 is 2.93 bits per heavy atom. The number of nitrogens with one attached hydrogen (secondary N) is 2. The van der Waals surface area contributed by atoms with E-state index in [1.807, 2.05) is 6.26 Å². The third kappa shape index (κ3) is 14.1. The van der Waals surface area contributed by atoms with Gasteiger partial charge in [-0.25, -0.2) is 0 Å². The molecule has 0 bridgehead atoms. The summed E-state index contributed by atoms with van der Waals surface area (Å²) >= 11 is 0. The quantitative estimate of drug-likeness (QED) is 0.0292. The standard InChI is InChI=1S/C24H35BN4O10S2/c1-40-41-23(16-37-18-5-2-4-17(12-18)24(32)28-9-7-26)36-11-10-35-15-22(31)27-8-3-6-25-21-13-19(39-29(33)34)20(14-30)38-21/h2,4-5,12,19-21,23,25,30H,7-11,13-16,26H2,1H3,(H,27,31)(H,28,32)/t19-,20?,21-,23?/m1/s1. The Kier molecular flexibility index (Phi) is 17.0. The summed E-state index contributed by atoms with van der Waals surface area (Å²) in [6, 6.07) is 6.43. The molecular weight excluding hydrogens is 579 g/mol. The minimum atomic E-state index is -0.902. The Hall–Kier alpha value is -2.72. The van der Waals surface area contributed by atoms with E-state index in [4.69, 9.17) is 24.7 Å². The predicted molar refractivity (Wildman–Crippen MR) is 155 cm³/mol. The molecular formula is C24H35BN4O10S2. The van der Waals surface area contributed by atoms with Crippen LogP contribution in [-0.2, 0) is 23.8 Å². The normalized spacial score (nSPS) is 18.5. The van der Waals surface area contributed by atoms with Gasteiger partial charge in [-0.15, -0.1) is 10.1 Å². The summed E-state index contributed by atoms with van der Waals surface area (Å²) in [5, 5.41) is 24.2. The van der Waals surface area contributed by atoms with Crippen LogP contribution in [-0.4, -0.2) is 112 Å². The lowest BCUT2D eigenvalue weighted by molar-refractivity contribution is -0.769. The Morgan fingerprint density at radius 2 is 2.20 bits per heavy atom. The maximum absolute atomic E-state index is 12.1. The number of hydrogen-bond donors (Lipinski definition) is 4. The smallest absolute Gasteiger partial charge is 0.294 e. The zero-order valence-electron chi connectivity index (χ0n) is 22.7. The van der Waals surface area contributed by atoms with E-state index < -0.39 is 23.3 Å². The van der Waals surface area contributed by atoms with Gasteiger partial charge >= 0.3 is 0 Å². The predicted octanol–water partition coefficient (Wildman–Crippen LogP) is -0.678. The lowest BCUT2D eigenvalue weighted by Gasteiger charge is -2.17. The fourth-order valence-electron chi connectivity index (χ4n) is 3.55.